The minimum atomic E-state index is -0.606. The molecule has 0 fully saturated rings. The molecule has 0 unspecified atom stereocenters. The van der Waals surface area contributed by atoms with Crippen molar-refractivity contribution in [3.8, 4) is 11.3 Å². The fourth-order valence-corrected chi connectivity index (χ4v) is 2.95. The van der Waals surface area contributed by atoms with Crippen molar-refractivity contribution in [2.75, 3.05) is 0 Å². The molecule has 3 rings (SSSR count). The van der Waals surface area contributed by atoms with Gasteiger partial charge in [0.1, 0.15) is 0 Å². The summed E-state index contributed by atoms with van der Waals surface area (Å²) in [6.45, 7) is 8.26. The second kappa shape index (κ2) is 6.60. The number of hydrogen-bond donors (Lipinski definition) is 0. The maximum atomic E-state index is 8.22. The van der Waals surface area contributed by atoms with Gasteiger partial charge >= 0.3 is 0 Å². The van der Waals surface area contributed by atoms with E-state index in [4.69, 9.17) is 6.35 Å². The van der Waals surface area contributed by atoms with Crippen LogP contribution < -0.4 is 0 Å². The molecule has 0 saturated heterocycles. The van der Waals surface area contributed by atoms with E-state index < -0.39 is 5.89 Å². The van der Waals surface area contributed by atoms with Crippen LogP contribution in [0.2, 0.25) is 0 Å². The van der Waals surface area contributed by atoms with Gasteiger partial charge in [-0.2, -0.15) is 0 Å². The Balaban J connectivity index is 1.93. The molecular weight excluding hydrogens is 290 g/mol. The lowest BCUT2D eigenvalue weighted by Gasteiger charge is -2.25. The van der Waals surface area contributed by atoms with Gasteiger partial charge in [0.05, 0.1) is 5.69 Å². The highest BCUT2D eigenvalue weighted by Crippen LogP contribution is 2.32. The zero-order chi connectivity index (χ0) is 18.1. The van der Waals surface area contributed by atoms with Crippen LogP contribution in [0.3, 0.4) is 0 Å². The molecule has 0 spiro atoms. The fourth-order valence-electron chi connectivity index (χ4n) is 2.95. The molecule has 0 aliphatic heterocycles. The number of pyridine rings is 1. The molecule has 1 nitrogen and oxygen atoms in total. The molecule has 0 N–H and O–H groups in total. The van der Waals surface area contributed by atoms with Crippen molar-refractivity contribution in [2.24, 2.45) is 0 Å². The fraction of sp³-hybridized carbons (Fsp3) is 0.261. The lowest BCUT2D eigenvalue weighted by atomic mass is 9.79. The van der Waals surface area contributed by atoms with Gasteiger partial charge in [0.15, 0.2) is 0 Å². The summed E-state index contributed by atoms with van der Waals surface area (Å²) >= 11 is 0. The Morgan fingerprint density at radius 3 is 2.25 bits per heavy atom. The highest BCUT2D eigenvalue weighted by molar-refractivity contribution is 5.60. The van der Waals surface area contributed by atoms with Gasteiger partial charge in [-0.15, -0.1) is 0 Å². The molecule has 2 aromatic carbocycles. The summed E-state index contributed by atoms with van der Waals surface area (Å²) in [4.78, 5) is 4.70. The molecule has 0 amide bonds. The van der Waals surface area contributed by atoms with Gasteiger partial charge in [0.25, 0.3) is 0 Å². The zero-order valence-corrected chi connectivity index (χ0v) is 14.9. The Morgan fingerprint density at radius 1 is 0.875 bits per heavy atom. The molecular formula is C23H25N. The highest BCUT2D eigenvalue weighted by atomic mass is 14.7. The lowest BCUT2D eigenvalue weighted by molar-refractivity contribution is 0.638. The molecule has 24 heavy (non-hydrogen) atoms. The van der Waals surface area contributed by atoms with Crippen molar-refractivity contribution in [1.82, 2.24) is 4.98 Å². The van der Waals surface area contributed by atoms with Gasteiger partial charge in [-0.25, -0.2) is 0 Å². The van der Waals surface area contributed by atoms with E-state index in [-0.39, 0.29) is 5.41 Å². The Hall–Kier alpha value is -2.41. The van der Waals surface area contributed by atoms with Crippen LogP contribution in [0.25, 0.3) is 11.3 Å². The molecule has 0 radical (unpaired) electrons. The lowest BCUT2D eigenvalue weighted by Crippen LogP contribution is -2.18. The maximum Gasteiger partial charge on any atom is 0.0702 e. The normalized spacial score (nSPS) is 12.8. The zero-order valence-electron chi connectivity index (χ0n) is 15.9. The van der Waals surface area contributed by atoms with Gasteiger partial charge in [0, 0.05) is 18.5 Å². The van der Waals surface area contributed by atoms with Crippen LogP contribution in [-0.4, -0.2) is 4.98 Å². The van der Waals surface area contributed by atoms with E-state index in [0.717, 1.165) is 16.8 Å². The molecule has 0 aliphatic rings. The second-order valence-electron chi connectivity index (χ2n) is 7.00. The van der Waals surface area contributed by atoms with Gasteiger partial charge in [-0.05, 0) is 34.7 Å². The number of rotatable bonds is 4. The number of benzene rings is 2. The summed E-state index contributed by atoms with van der Waals surface area (Å²) in [6, 6.07) is 22.9. The van der Waals surface area contributed by atoms with Gasteiger partial charge < -0.3 is 0 Å². The van der Waals surface area contributed by atoms with E-state index in [9.17, 15) is 0 Å². The third-order valence-electron chi connectivity index (χ3n) is 4.72. The molecule has 0 aliphatic carbocycles. The second-order valence-corrected chi connectivity index (χ2v) is 7.00. The SMILES string of the molecule is [2H]C(C)(C)c1cccc(-c2ccc(C(C)(C)c3ccccc3)cn2)c1. The van der Waals surface area contributed by atoms with E-state index in [0.29, 0.717) is 0 Å². The Labute approximate surface area is 146 Å². The summed E-state index contributed by atoms with van der Waals surface area (Å²) in [5.74, 6) is -0.606. The van der Waals surface area contributed by atoms with Crippen LogP contribution in [0, 0.1) is 0 Å². The predicted octanol–water partition coefficient (Wildman–Crippen LogP) is 6.20. The number of aromatic nitrogens is 1. The van der Waals surface area contributed by atoms with Crippen molar-refractivity contribution in [3.05, 3.63) is 89.6 Å². The van der Waals surface area contributed by atoms with Crippen molar-refractivity contribution < 1.29 is 1.37 Å². The standard InChI is InChI=1S/C23H25N/c1-17(2)18-9-8-10-19(15-18)22-14-13-21(16-24-22)23(3,4)20-11-6-5-7-12-20/h5-17H,1-4H3/i17D. The molecule has 0 saturated carbocycles. The van der Waals surface area contributed by atoms with Crippen LogP contribution in [0.15, 0.2) is 72.9 Å². The number of hydrogen-bond acceptors (Lipinski definition) is 1. The van der Waals surface area contributed by atoms with Gasteiger partial charge in [-0.1, -0.05) is 82.3 Å². The highest BCUT2D eigenvalue weighted by Gasteiger charge is 2.23. The summed E-state index contributed by atoms with van der Waals surface area (Å²) in [5, 5.41) is 0. The smallest absolute Gasteiger partial charge is 0.0702 e. The summed E-state index contributed by atoms with van der Waals surface area (Å²) < 4.78 is 8.22. The molecule has 1 heterocycles. The van der Waals surface area contributed by atoms with Crippen molar-refractivity contribution in [3.63, 3.8) is 0 Å². The Kier molecular flexibility index (Phi) is 4.17. The molecule has 1 aromatic heterocycles. The minimum Gasteiger partial charge on any atom is -0.256 e. The summed E-state index contributed by atoms with van der Waals surface area (Å²) in [7, 11) is 0. The molecule has 3 aromatic rings. The average Bonchev–Trinajstić information content (AvgIpc) is 2.62. The minimum absolute atomic E-state index is 0.0855. The van der Waals surface area contributed by atoms with E-state index >= 15 is 0 Å². The van der Waals surface area contributed by atoms with Crippen molar-refractivity contribution in [1.29, 1.82) is 0 Å². The summed E-state index contributed by atoms with van der Waals surface area (Å²) in [5.41, 5.74) is 5.39. The van der Waals surface area contributed by atoms with Crippen molar-refractivity contribution in [2.45, 2.75) is 39.0 Å². The maximum absolute atomic E-state index is 8.22. The first-order chi connectivity index (χ1) is 11.8. The van der Waals surface area contributed by atoms with E-state index in [2.05, 4.69) is 62.4 Å². The van der Waals surface area contributed by atoms with E-state index in [1.54, 1.807) is 0 Å². The van der Waals surface area contributed by atoms with Crippen LogP contribution in [-0.2, 0) is 5.41 Å². The Morgan fingerprint density at radius 2 is 1.62 bits per heavy atom. The van der Waals surface area contributed by atoms with Crippen LogP contribution in [0.4, 0.5) is 0 Å². The molecule has 0 bridgehead atoms. The molecule has 0 atom stereocenters. The van der Waals surface area contributed by atoms with E-state index in [1.165, 1.54) is 11.1 Å². The average molecular weight is 316 g/mol. The monoisotopic (exact) mass is 316 g/mol. The van der Waals surface area contributed by atoms with Crippen molar-refractivity contribution >= 4 is 0 Å². The third-order valence-corrected chi connectivity index (χ3v) is 4.72. The van der Waals surface area contributed by atoms with Gasteiger partial charge in [0.2, 0.25) is 0 Å². The van der Waals surface area contributed by atoms with E-state index in [1.807, 2.05) is 38.2 Å². The van der Waals surface area contributed by atoms with Crippen LogP contribution in [0.1, 0.15) is 51.7 Å². The van der Waals surface area contributed by atoms with Gasteiger partial charge in [-0.3, -0.25) is 4.98 Å². The number of nitrogens with zero attached hydrogens (tertiary/aromatic N) is 1. The Bertz CT molecular complexity index is 843. The topological polar surface area (TPSA) is 12.9 Å². The van der Waals surface area contributed by atoms with Crippen LogP contribution >= 0.6 is 0 Å². The first kappa shape index (κ1) is 15.1. The first-order valence-electron chi connectivity index (χ1n) is 8.91. The predicted molar refractivity (Wildman–Crippen MR) is 102 cm³/mol. The van der Waals surface area contributed by atoms with Crippen LogP contribution in [0.5, 0.6) is 0 Å². The quantitative estimate of drug-likeness (QED) is 0.558. The molecule has 122 valence electrons. The molecule has 1 heteroatoms. The largest absolute Gasteiger partial charge is 0.256 e. The third kappa shape index (κ3) is 3.26. The summed E-state index contributed by atoms with van der Waals surface area (Å²) in [6.07, 6.45) is 1.97. The first-order valence-corrected chi connectivity index (χ1v) is 8.41.